The van der Waals surface area contributed by atoms with E-state index < -0.39 is 20.2 Å². The second-order valence-electron chi connectivity index (χ2n) is 11.2. The summed E-state index contributed by atoms with van der Waals surface area (Å²) < 4.78 is 33.2. The Kier molecular flexibility index (Phi) is 11.2. The molecule has 3 rings (SSSR count). The third-order valence-corrected chi connectivity index (χ3v) is 12.3. The van der Waals surface area contributed by atoms with E-state index in [2.05, 4.69) is 54.0 Å². The highest BCUT2D eigenvalue weighted by molar-refractivity contribution is 8.15. The second kappa shape index (κ2) is 14.2. The molecule has 2 aromatic carbocycles. The molecule has 226 valence electrons. The maximum Gasteiger partial charge on any atom is 0.432 e. The summed E-state index contributed by atoms with van der Waals surface area (Å²) in [4.78, 5) is 24.1. The van der Waals surface area contributed by atoms with Gasteiger partial charge >= 0.3 is 6.09 Å². The highest BCUT2D eigenvalue weighted by Crippen LogP contribution is 2.36. The molecule has 0 saturated carbocycles. The van der Waals surface area contributed by atoms with Crippen molar-refractivity contribution >= 4 is 42.6 Å². The van der Waals surface area contributed by atoms with Gasteiger partial charge in [0.05, 0.1) is 12.3 Å². The third kappa shape index (κ3) is 8.59. The van der Waals surface area contributed by atoms with Crippen LogP contribution < -0.4 is 4.74 Å². The van der Waals surface area contributed by atoms with Gasteiger partial charge in [0.1, 0.15) is 10.8 Å². The Bertz CT molecular complexity index is 1450. The monoisotopic (exact) mass is 614 g/mol. The van der Waals surface area contributed by atoms with Gasteiger partial charge in [0.25, 0.3) is 0 Å². The number of amides is 1. The molecule has 0 aliphatic heterocycles. The highest BCUT2D eigenvalue weighted by atomic mass is 32.2. The number of carboxylic acid groups (broad SMARTS) is 1. The van der Waals surface area contributed by atoms with E-state index in [1.807, 2.05) is 6.92 Å². The molecule has 0 spiro atoms. The lowest BCUT2D eigenvalue weighted by atomic mass is 10.0. The molecular weight excluding hydrogens is 576 g/mol. The van der Waals surface area contributed by atoms with Crippen LogP contribution in [-0.4, -0.2) is 59.9 Å². The Hall–Kier alpha value is -3.35. The number of nitrogens with zero attached hydrogens (tertiary/aromatic N) is 4. The first-order chi connectivity index (χ1) is 19.8. The fourth-order valence-corrected chi connectivity index (χ4v) is 5.26. The summed E-state index contributed by atoms with van der Waals surface area (Å²) >= 11 is 1.07. The molecular formula is C30H39FN4O5SSi. The largest absolute Gasteiger partial charge is 0.490 e. The first-order valence-electron chi connectivity index (χ1n) is 13.7. The molecule has 1 amide bonds. The van der Waals surface area contributed by atoms with Gasteiger partial charge in [-0.1, -0.05) is 32.9 Å². The summed E-state index contributed by atoms with van der Waals surface area (Å²) in [6.45, 7) is 15.4. The minimum absolute atomic E-state index is 0.0567. The Morgan fingerprint density at radius 1 is 1.17 bits per heavy atom. The summed E-state index contributed by atoms with van der Waals surface area (Å²) in [5, 5.41) is 13.5. The van der Waals surface area contributed by atoms with E-state index in [0.29, 0.717) is 42.4 Å². The minimum Gasteiger partial charge on any atom is -0.490 e. The molecule has 0 bridgehead atoms. The van der Waals surface area contributed by atoms with Gasteiger partial charge in [-0.05, 0) is 72.8 Å². The first kappa shape index (κ1) is 33.2. The van der Waals surface area contributed by atoms with Crippen LogP contribution in [0.25, 0.3) is 11.4 Å². The van der Waals surface area contributed by atoms with E-state index in [4.69, 9.17) is 13.7 Å². The lowest BCUT2D eigenvalue weighted by Crippen LogP contribution is -2.41. The molecule has 0 aliphatic carbocycles. The molecule has 0 fully saturated rings. The highest BCUT2D eigenvalue weighted by Gasteiger charge is 2.36. The molecule has 1 aromatic heterocycles. The average Bonchev–Trinajstić information content (AvgIpc) is 3.37. The van der Waals surface area contributed by atoms with Crippen molar-refractivity contribution in [1.82, 2.24) is 10.1 Å². The molecule has 0 radical (unpaired) electrons. The smallest absolute Gasteiger partial charge is 0.432 e. The molecule has 0 aliphatic rings. The molecule has 0 unspecified atom stereocenters. The van der Waals surface area contributed by atoms with Gasteiger partial charge in [-0.25, -0.2) is 14.2 Å². The van der Waals surface area contributed by atoms with Gasteiger partial charge in [0.2, 0.25) is 11.7 Å². The minimum atomic E-state index is -1.89. The fraction of sp³-hybridized carbons (Fsp3) is 0.433. The van der Waals surface area contributed by atoms with Crippen molar-refractivity contribution < 1.29 is 28.0 Å². The number of hydrogen-bond donors (Lipinski definition) is 1. The van der Waals surface area contributed by atoms with Crippen LogP contribution >= 0.6 is 11.8 Å². The lowest BCUT2D eigenvalue weighted by Gasteiger charge is -2.36. The quantitative estimate of drug-likeness (QED) is 0.0996. The molecule has 9 nitrogen and oxygen atoms in total. The van der Waals surface area contributed by atoms with E-state index in [1.165, 1.54) is 0 Å². The Morgan fingerprint density at radius 2 is 1.86 bits per heavy atom. The fourth-order valence-electron chi connectivity index (χ4n) is 3.66. The Labute approximate surface area is 251 Å². The summed E-state index contributed by atoms with van der Waals surface area (Å²) in [7, 11) is -1.89. The molecule has 1 heterocycles. The van der Waals surface area contributed by atoms with Crippen molar-refractivity contribution in [2.24, 2.45) is 9.98 Å². The van der Waals surface area contributed by atoms with Gasteiger partial charge in [-0.15, -0.1) is 11.8 Å². The number of carbonyl (C=O) groups is 1. The zero-order chi connectivity index (χ0) is 31.1. The lowest BCUT2D eigenvalue weighted by molar-refractivity contribution is 0.206. The van der Waals surface area contributed by atoms with Gasteiger partial charge in [0, 0.05) is 31.1 Å². The van der Waals surface area contributed by atoms with Crippen LogP contribution in [0, 0.1) is 12.7 Å². The van der Waals surface area contributed by atoms with E-state index in [-0.39, 0.29) is 33.7 Å². The van der Waals surface area contributed by atoms with Crippen LogP contribution in [0.15, 0.2) is 50.9 Å². The van der Waals surface area contributed by atoms with E-state index >= 15 is 4.39 Å². The zero-order valence-electron chi connectivity index (χ0n) is 25.4. The predicted molar refractivity (Wildman–Crippen MR) is 169 cm³/mol. The maximum absolute atomic E-state index is 16.0. The summed E-state index contributed by atoms with van der Waals surface area (Å²) in [5.74, 6) is 0.306. The summed E-state index contributed by atoms with van der Waals surface area (Å²) in [6.07, 6.45) is 1.47. The number of halogens is 1. The maximum atomic E-state index is 16.0. The zero-order valence-corrected chi connectivity index (χ0v) is 27.3. The van der Waals surface area contributed by atoms with E-state index in [1.54, 1.807) is 49.6 Å². The normalized spacial score (nSPS) is 13.0. The average molecular weight is 615 g/mol. The van der Waals surface area contributed by atoms with Crippen molar-refractivity contribution in [3.8, 4) is 17.1 Å². The number of aliphatic imine (C=N–C) groups is 2. The van der Waals surface area contributed by atoms with E-state index in [9.17, 15) is 9.90 Å². The Morgan fingerprint density at radius 3 is 2.40 bits per heavy atom. The summed E-state index contributed by atoms with van der Waals surface area (Å²) in [6, 6.07) is 10.3. The number of benzene rings is 2. The van der Waals surface area contributed by atoms with Crippen LogP contribution in [0.5, 0.6) is 5.75 Å². The molecule has 42 heavy (non-hydrogen) atoms. The van der Waals surface area contributed by atoms with Crippen LogP contribution in [0.4, 0.5) is 14.9 Å². The van der Waals surface area contributed by atoms with Crippen molar-refractivity contribution in [2.45, 2.75) is 65.6 Å². The first-order valence-corrected chi connectivity index (χ1v) is 17.8. The van der Waals surface area contributed by atoms with Crippen molar-refractivity contribution in [3.63, 3.8) is 0 Å². The molecule has 0 saturated heterocycles. The van der Waals surface area contributed by atoms with Crippen LogP contribution in [0.1, 0.15) is 51.1 Å². The number of hydrogen-bond acceptors (Lipinski definition) is 8. The molecule has 3 aromatic rings. The van der Waals surface area contributed by atoms with Crippen molar-refractivity contribution in [1.29, 1.82) is 0 Å². The van der Waals surface area contributed by atoms with Crippen molar-refractivity contribution in [2.75, 3.05) is 19.5 Å². The number of thioether (sulfide) groups is 1. The van der Waals surface area contributed by atoms with Crippen LogP contribution in [0.3, 0.4) is 0 Å². The third-order valence-electron chi connectivity index (χ3n) is 7.06. The number of rotatable bonds is 11. The van der Waals surface area contributed by atoms with Gasteiger partial charge in [0.15, 0.2) is 19.9 Å². The van der Waals surface area contributed by atoms with Crippen molar-refractivity contribution in [3.05, 3.63) is 59.2 Å². The number of aryl methyl sites for hydroxylation is 2. The predicted octanol–water partition coefficient (Wildman–Crippen LogP) is 8.10. The van der Waals surface area contributed by atoms with E-state index in [0.717, 1.165) is 17.3 Å². The van der Waals surface area contributed by atoms with Gasteiger partial charge in [-0.2, -0.15) is 9.98 Å². The molecule has 0 atom stereocenters. The van der Waals surface area contributed by atoms with Crippen LogP contribution in [0.2, 0.25) is 18.1 Å². The van der Waals surface area contributed by atoms with Crippen LogP contribution in [-0.2, 0) is 10.8 Å². The number of aromatic nitrogens is 2. The topological polar surface area (TPSA) is 119 Å². The SMILES string of the molecule is CCc1cc(OCCCO[Si](C)(C)C(C)(C)C)c(F)c(C(=Nc2ccc(-c3noc(C)n3)cc2)C(=NC(=O)O)SC)c1. The Balaban J connectivity index is 1.95. The number of ether oxygens (including phenoxy) is 1. The van der Waals surface area contributed by atoms with Gasteiger partial charge < -0.3 is 18.8 Å². The standard InChI is InChI=1S/C30H39FN4O5SSi/c1-9-20-17-23(25(31)24(18-20)38-15-10-16-39-42(7,8)30(3,4)5)26(28(41-6)34-29(36)37)33-22-13-11-21(12-14-22)27-32-19(2)40-35-27/h11-14,17-18H,9-10,15-16H2,1-8H3,(H,36,37). The molecule has 12 heteroatoms. The second-order valence-corrected chi connectivity index (χ2v) is 16.8. The summed E-state index contributed by atoms with van der Waals surface area (Å²) in [5.41, 5.74) is 2.18. The molecule has 1 N–H and O–H groups in total. The van der Waals surface area contributed by atoms with Gasteiger partial charge in [-0.3, -0.25) is 0 Å².